The molecule has 0 saturated heterocycles. The lowest BCUT2D eigenvalue weighted by Crippen LogP contribution is -1.83. The summed E-state index contributed by atoms with van der Waals surface area (Å²) in [6.45, 7) is 2.09. The van der Waals surface area contributed by atoms with Gasteiger partial charge < -0.3 is 4.52 Å². The molecular formula is C13H11ClN4OS3. The molecule has 2 heterocycles. The van der Waals surface area contributed by atoms with Crippen molar-refractivity contribution in [2.45, 2.75) is 21.4 Å². The normalized spacial score (nSPS) is 11.0. The van der Waals surface area contributed by atoms with Crippen LogP contribution in [0.3, 0.4) is 0 Å². The van der Waals surface area contributed by atoms with Crippen LogP contribution in [0.5, 0.6) is 0 Å². The van der Waals surface area contributed by atoms with Crippen LogP contribution in [0.1, 0.15) is 12.8 Å². The van der Waals surface area contributed by atoms with Gasteiger partial charge in [0.05, 0.1) is 5.75 Å². The lowest BCUT2D eigenvalue weighted by molar-refractivity contribution is 0.391. The topological polar surface area (TPSA) is 64.7 Å². The summed E-state index contributed by atoms with van der Waals surface area (Å²) in [4.78, 5) is 4.37. The Labute approximate surface area is 144 Å². The SMILES string of the molecule is CCSc1nnc(SCc2nc(-c3cccc(Cl)c3)no2)s1. The maximum atomic E-state index is 5.96. The number of nitrogens with zero attached hydrogens (tertiary/aromatic N) is 4. The summed E-state index contributed by atoms with van der Waals surface area (Å²) in [5.74, 6) is 2.66. The van der Waals surface area contributed by atoms with Crippen molar-refractivity contribution in [1.29, 1.82) is 0 Å². The molecule has 1 aromatic carbocycles. The number of rotatable bonds is 6. The second kappa shape index (κ2) is 7.45. The summed E-state index contributed by atoms with van der Waals surface area (Å²) in [5.41, 5.74) is 0.838. The number of thioether (sulfide) groups is 2. The molecule has 0 radical (unpaired) electrons. The zero-order chi connectivity index (χ0) is 15.4. The largest absolute Gasteiger partial charge is 0.338 e. The average Bonchev–Trinajstić information content (AvgIpc) is 3.15. The Hall–Kier alpha value is -1.09. The maximum Gasteiger partial charge on any atom is 0.237 e. The van der Waals surface area contributed by atoms with Crippen LogP contribution >= 0.6 is 46.5 Å². The summed E-state index contributed by atoms with van der Waals surface area (Å²) >= 11 is 10.8. The van der Waals surface area contributed by atoms with Gasteiger partial charge in [-0.1, -0.05) is 70.7 Å². The first-order valence-corrected chi connectivity index (χ1v) is 9.59. The molecule has 0 bridgehead atoms. The standard InChI is InChI=1S/C13H11ClN4OS3/c1-2-20-12-16-17-13(22-12)21-7-10-15-11(18-19-10)8-4-3-5-9(14)6-8/h3-6H,2,7H2,1H3. The molecule has 2 aromatic heterocycles. The highest BCUT2D eigenvalue weighted by Gasteiger charge is 2.11. The van der Waals surface area contributed by atoms with Crippen molar-refractivity contribution in [3.05, 3.63) is 35.2 Å². The second-order valence-electron chi connectivity index (χ2n) is 4.08. The van der Waals surface area contributed by atoms with Gasteiger partial charge in [-0.05, 0) is 17.9 Å². The van der Waals surface area contributed by atoms with Crippen LogP contribution in [0.25, 0.3) is 11.4 Å². The quantitative estimate of drug-likeness (QED) is 0.585. The van der Waals surface area contributed by atoms with E-state index in [4.69, 9.17) is 16.1 Å². The first-order chi connectivity index (χ1) is 10.7. The van der Waals surface area contributed by atoms with Crippen LogP contribution < -0.4 is 0 Å². The van der Waals surface area contributed by atoms with Gasteiger partial charge in [0.15, 0.2) is 8.68 Å². The molecule has 22 heavy (non-hydrogen) atoms. The highest BCUT2D eigenvalue weighted by molar-refractivity contribution is 8.02. The minimum absolute atomic E-state index is 0.539. The van der Waals surface area contributed by atoms with Crippen molar-refractivity contribution in [1.82, 2.24) is 20.3 Å². The Balaban J connectivity index is 1.64. The molecule has 0 spiro atoms. The first kappa shape index (κ1) is 15.8. The van der Waals surface area contributed by atoms with Gasteiger partial charge in [-0.2, -0.15) is 4.98 Å². The Morgan fingerprint density at radius 3 is 2.82 bits per heavy atom. The van der Waals surface area contributed by atoms with Gasteiger partial charge in [0.2, 0.25) is 11.7 Å². The first-order valence-electron chi connectivity index (χ1n) is 6.42. The third-order valence-corrected chi connectivity index (χ3v) is 5.82. The zero-order valence-electron chi connectivity index (χ0n) is 11.5. The molecular weight excluding hydrogens is 360 g/mol. The number of hydrogen-bond acceptors (Lipinski definition) is 8. The van der Waals surface area contributed by atoms with Gasteiger partial charge in [0, 0.05) is 10.6 Å². The van der Waals surface area contributed by atoms with Crippen LogP contribution in [-0.2, 0) is 5.75 Å². The Morgan fingerprint density at radius 1 is 1.23 bits per heavy atom. The molecule has 0 aliphatic carbocycles. The van der Waals surface area contributed by atoms with E-state index in [0.717, 1.165) is 20.0 Å². The molecule has 3 aromatic rings. The fourth-order valence-corrected chi connectivity index (χ4v) is 4.56. The molecule has 0 atom stereocenters. The molecule has 0 saturated carbocycles. The molecule has 114 valence electrons. The summed E-state index contributed by atoms with van der Waals surface area (Å²) in [5, 5.41) is 12.9. The fourth-order valence-electron chi connectivity index (χ4n) is 1.62. The van der Waals surface area contributed by atoms with Crippen molar-refractivity contribution >= 4 is 46.5 Å². The molecule has 0 unspecified atom stereocenters. The van der Waals surface area contributed by atoms with E-state index < -0.39 is 0 Å². The number of hydrogen-bond donors (Lipinski definition) is 0. The van der Waals surface area contributed by atoms with Gasteiger partial charge in [-0.3, -0.25) is 0 Å². The van der Waals surface area contributed by atoms with Crippen molar-refractivity contribution < 1.29 is 4.52 Å². The van der Waals surface area contributed by atoms with Crippen LogP contribution in [0, 0.1) is 0 Å². The molecule has 0 amide bonds. The summed E-state index contributed by atoms with van der Waals surface area (Å²) in [6, 6.07) is 7.37. The van der Waals surface area contributed by atoms with Crippen molar-refractivity contribution in [3.8, 4) is 11.4 Å². The van der Waals surface area contributed by atoms with Crippen LogP contribution in [-0.4, -0.2) is 26.1 Å². The summed E-state index contributed by atoms with van der Waals surface area (Å²) < 4.78 is 7.14. The highest BCUT2D eigenvalue weighted by Crippen LogP contribution is 2.30. The zero-order valence-corrected chi connectivity index (χ0v) is 14.7. The summed E-state index contributed by atoms with van der Waals surface area (Å²) in [7, 11) is 0. The Morgan fingerprint density at radius 2 is 2.05 bits per heavy atom. The molecule has 0 aliphatic rings. The van der Waals surface area contributed by atoms with Crippen molar-refractivity contribution in [2.75, 3.05) is 5.75 Å². The monoisotopic (exact) mass is 370 g/mol. The predicted octanol–water partition coefficient (Wildman–Crippen LogP) is 4.65. The highest BCUT2D eigenvalue weighted by atomic mass is 35.5. The van der Waals surface area contributed by atoms with Gasteiger partial charge in [-0.15, -0.1) is 10.2 Å². The lowest BCUT2D eigenvalue weighted by Gasteiger charge is -1.93. The number of aromatic nitrogens is 4. The van der Waals surface area contributed by atoms with E-state index in [1.165, 1.54) is 0 Å². The van der Waals surface area contributed by atoms with E-state index in [-0.39, 0.29) is 0 Å². The Bertz CT molecular complexity index is 761. The second-order valence-corrected chi connectivity index (χ2v) is 8.23. The summed E-state index contributed by atoms with van der Waals surface area (Å²) in [6.07, 6.45) is 0. The predicted molar refractivity (Wildman–Crippen MR) is 90.6 cm³/mol. The van der Waals surface area contributed by atoms with E-state index in [0.29, 0.717) is 22.5 Å². The van der Waals surface area contributed by atoms with Crippen LogP contribution in [0.15, 0.2) is 37.5 Å². The van der Waals surface area contributed by atoms with E-state index in [1.807, 2.05) is 24.3 Å². The molecule has 9 heteroatoms. The van der Waals surface area contributed by atoms with Gasteiger partial charge in [0.25, 0.3) is 0 Å². The molecule has 0 N–H and O–H groups in total. The van der Waals surface area contributed by atoms with E-state index >= 15 is 0 Å². The molecule has 0 fully saturated rings. The molecule has 3 rings (SSSR count). The minimum atomic E-state index is 0.539. The van der Waals surface area contributed by atoms with Gasteiger partial charge >= 0.3 is 0 Å². The maximum absolute atomic E-state index is 5.96. The van der Waals surface area contributed by atoms with E-state index in [9.17, 15) is 0 Å². The number of halogens is 1. The van der Waals surface area contributed by atoms with E-state index in [1.54, 1.807) is 34.9 Å². The smallest absolute Gasteiger partial charge is 0.237 e. The fraction of sp³-hybridized carbons (Fsp3) is 0.231. The average molecular weight is 371 g/mol. The third kappa shape index (κ3) is 4.01. The van der Waals surface area contributed by atoms with Crippen molar-refractivity contribution in [3.63, 3.8) is 0 Å². The molecule has 5 nitrogen and oxygen atoms in total. The van der Waals surface area contributed by atoms with Crippen molar-refractivity contribution in [2.24, 2.45) is 0 Å². The molecule has 0 aliphatic heterocycles. The minimum Gasteiger partial charge on any atom is -0.338 e. The van der Waals surface area contributed by atoms with Gasteiger partial charge in [-0.25, -0.2) is 0 Å². The lowest BCUT2D eigenvalue weighted by atomic mass is 10.2. The van der Waals surface area contributed by atoms with Gasteiger partial charge in [0.1, 0.15) is 0 Å². The van der Waals surface area contributed by atoms with Crippen LogP contribution in [0.2, 0.25) is 5.02 Å². The van der Waals surface area contributed by atoms with Crippen LogP contribution in [0.4, 0.5) is 0 Å². The number of benzene rings is 1. The van der Waals surface area contributed by atoms with E-state index in [2.05, 4.69) is 27.3 Å². The third-order valence-electron chi connectivity index (χ3n) is 2.53. The Kier molecular flexibility index (Phi) is 5.35.